The van der Waals surface area contributed by atoms with Crippen LogP contribution in [-0.4, -0.2) is 37.1 Å². The molecule has 0 aromatic heterocycles. The van der Waals surface area contributed by atoms with Crippen LogP contribution in [0.4, 0.5) is 0 Å². The molecule has 2 fully saturated rings. The van der Waals surface area contributed by atoms with E-state index >= 15 is 0 Å². The van der Waals surface area contributed by atoms with E-state index in [1.807, 2.05) is 0 Å². The van der Waals surface area contributed by atoms with Crippen LogP contribution in [0.5, 0.6) is 0 Å². The number of hydrogen-bond donors (Lipinski definition) is 1. The summed E-state index contributed by atoms with van der Waals surface area (Å²) in [5.41, 5.74) is 0. The predicted octanol–water partition coefficient (Wildman–Crippen LogP) is 2.25. The number of likely N-dealkylation sites (tertiary alicyclic amines) is 1. The van der Waals surface area contributed by atoms with E-state index in [9.17, 15) is 0 Å². The second-order valence-corrected chi connectivity index (χ2v) is 5.25. The third-order valence-corrected chi connectivity index (χ3v) is 4.10. The molecular formula is C13H26N2. The smallest absolute Gasteiger partial charge is 0.0221 e. The van der Waals surface area contributed by atoms with Gasteiger partial charge in [-0.3, -0.25) is 4.90 Å². The molecule has 1 aliphatic heterocycles. The maximum atomic E-state index is 3.50. The molecule has 1 saturated heterocycles. The van der Waals surface area contributed by atoms with Gasteiger partial charge < -0.3 is 5.32 Å². The fourth-order valence-corrected chi connectivity index (χ4v) is 3.20. The Hall–Kier alpha value is -0.0800. The van der Waals surface area contributed by atoms with Crippen molar-refractivity contribution in [2.24, 2.45) is 5.92 Å². The van der Waals surface area contributed by atoms with Crippen molar-refractivity contribution in [3.8, 4) is 0 Å². The van der Waals surface area contributed by atoms with Gasteiger partial charge in [0, 0.05) is 19.1 Å². The summed E-state index contributed by atoms with van der Waals surface area (Å²) in [7, 11) is 0. The van der Waals surface area contributed by atoms with Gasteiger partial charge >= 0.3 is 0 Å². The Bertz CT molecular complexity index is 175. The summed E-state index contributed by atoms with van der Waals surface area (Å²) in [4.78, 5) is 2.75. The Morgan fingerprint density at radius 1 is 1.13 bits per heavy atom. The largest absolute Gasteiger partial charge is 0.315 e. The summed E-state index contributed by atoms with van der Waals surface area (Å²) in [6.45, 7) is 7.27. The molecule has 0 radical (unpaired) electrons. The van der Waals surface area contributed by atoms with E-state index in [0.29, 0.717) is 0 Å². The van der Waals surface area contributed by atoms with Crippen molar-refractivity contribution in [2.75, 3.05) is 26.2 Å². The van der Waals surface area contributed by atoms with Crippen molar-refractivity contribution < 1.29 is 0 Å². The van der Waals surface area contributed by atoms with Crippen LogP contribution in [0, 0.1) is 5.92 Å². The second-order valence-electron chi connectivity index (χ2n) is 5.25. The highest BCUT2D eigenvalue weighted by molar-refractivity contribution is 4.83. The molecule has 0 aromatic carbocycles. The van der Waals surface area contributed by atoms with E-state index in [1.54, 1.807) is 0 Å². The molecule has 2 heteroatoms. The van der Waals surface area contributed by atoms with Gasteiger partial charge in [0.15, 0.2) is 0 Å². The molecule has 0 aromatic rings. The second kappa shape index (κ2) is 5.86. The first-order valence-corrected chi connectivity index (χ1v) is 6.85. The molecule has 0 spiro atoms. The first kappa shape index (κ1) is 11.4. The minimum Gasteiger partial charge on any atom is -0.315 e. The van der Waals surface area contributed by atoms with Crippen molar-refractivity contribution >= 4 is 0 Å². The first-order valence-electron chi connectivity index (χ1n) is 6.85. The molecule has 0 amide bonds. The van der Waals surface area contributed by atoms with Gasteiger partial charge in [-0.25, -0.2) is 0 Å². The minimum absolute atomic E-state index is 0.838. The lowest BCUT2D eigenvalue weighted by molar-refractivity contribution is 0.211. The molecule has 1 N–H and O–H groups in total. The topological polar surface area (TPSA) is 15.3 Å². The van der Waals surface area contributed by atoms with Crippen molar-refractivity contribution in [2.45, 2.75) is 51.5 Å². The normalized spacial score (nSPS) is 29.0. The summed E-state index contributed by atoms with van der Waals surface area (Å²) in [6, 6.07) is 0.838. The number of likely N-dealkylation sites (N-methyl/N-ethyl adjacent to an activating group) is 1. The highest BCUT2D eigenvalue weighted by atomic mass is 15.2. The van der Waals surface area contributed by atoms with Crippen LogP contribution in [0.3, 0.4) is 0 Å². The van der Waals surface area contributed by atoms with E-state index in [-0.39, 0.29) is 0 Å². The Morgan fingerprint density at radius 3 is 2.67 bits per heavy atom. The molecular weight excluding hydrogens is 184 g/mol. The minimum atomic E-state index is 0.838. The van der Waals surface area contributed by atoms with E-state index in [2.05, 4.69) is 17.1 Å². The maximum absolute atomic E-state index is 3.50. The molecule has 2 rings (SSSR count). The molecule has 88 valence electrons. The molecule has 1 saturated carbocycles. The Labute approximate surface area is 94.4 Å². The monoisotopic (exact) mass is 210 g/mol. The van der Waals surface area contributed by atoms with Gasteiger partial charge in [0.1, 0.15) is 0 Å². The van der Waals surface area contributed by atoms with Gasteiger partial charge in [0.25, 0.3) is 0 Å². The van der Waals surface area contributed by atoms with Crippen LogP contribution < -0.4 is 5.32 Å². The summed E-state index contributed by atoms with van der Waals surface area (Å²) >= 11 is 0. The lowest BCUT2D eigenvalue weighted by Crippen LogP contribution is -2.40. The van der Waals surface area contributed by atoms with E-state index in [1.165, 1.54) is 58.2 Å². The van der Waals surface area contributed by atoms with Crippen LogP contribution in [-0.2, 0) is 0 Å². The van der Waals surface area contributed by atoms with Gasteiger partial charge in [-0.15, -0.1) is 0 Å². The van der Waals surface area contributed by atoms with Crippen LogP contribution in [0.15, 0.2) is 0 Å². The highest BCUT2D eigenvalue weighted by Gasteiger charge is 2.27. The van der Waals surface area contributed by atoms with Gasteiger partial charge in [0.05, 0.1) is 0 Å². The van der Waals surface area contributed by atoms with Crippen LogP contribution in [0.25, 0.3) is 0 Å². The molecule has 1 atom stereocenters. The Morgan fingerprint density at radius 2 is 1.93 bits per heavy atom. The van der Waals surface area contributed by atoms with Crippen molar-refractivity contribution in [1.82, 2.24) is 10.2 Å². The maximum Gasteiger partial charge on any atom is 0.0221 e. The number of hydrogen-bond acceptors (Lipinski definition) is 2. The zero-order chi connectivity index (χ0) is 10.5. The van der Waals surface area contributed by atoms with Crippen LogP contribution >= 0.6 is 0 Å². The summed E-state index contributed by atoms with van der Waals surface area (Å²) < 4.78 is 0. The fourth-order valence-electron chi connectivity index (χ4n) is 3.20. The quantitative estimate of drug-likeness (QED) is 0.749. The predicted molar refractivity (Wildman–Crippen MR) is 65.1 cm³/mol. The van der Waals surface area contributed by atoms with E-state index < -0.39 is 0 Å². The van der Waals surface area contributed by atoms with Crippen LogP contribution in [0.2, 0.25) is 0 Å². The number of nitrogens with one attached hydrogen (secondary N) is 1. The van der Waals surface area contributed by atoms with E-state index in [4.69, 9.17) is 0 Å². The molecule has 1 heterocycles. The third-order valence-electron chi connectivity index (χ3n) is 4.10. The number of rotatable bonds is 5. The Balaban J connectivity index is 1.74. The average Bonchev–Trinajstić information content (AvgIpc) is 2.87. The van der Waals surface area contributed by atoms with Gasteiger partial charge in [0.2, 0.25) is 0 Å². The number of nitrogens with zero attached hydrogens (tertiary/aromatic N) is 1. The molecule has 2 aliphatic rings. The molecule has 15 heavy (non-hydrogen) atoms. The van der Waals surface area contributed by atoms with Crippen molar-refractivity contribution in [3.63, 3.8) is 0 Å². The SMILES string of the molecule is CCNCC1CCCN1CC1CCCC1. The molecule has 2 nitrogen and oxygen atoms in total. The average molecular weight is 210 g/mol. The molecule has 0 bridgehead atoms. The summed E-state index contributed by atoms with van der Waals surface area (Å²) in [5.74, 6) is 1.02. The molecule has 1 aliphatic carbocycles. The third kappa shape index (κ3) is 3.18. The fraction of sp³-hybridized carbons (Fsp3) is 1.00. The summed E-state index contributed by atoms with van der Waals surface area (Å²) in [5, 5.41) is 3.50. The van der Waals surface area contributed by atoms with Crippen LogP contribution in [0.1, 0.15) is 45.4 Å². The standard InChI is InChI=1S/C13H26N2/c1-2-14-10-13-8-5-9-15(13)11-12-6-3-4-7-12/h12-14H,2-11H2,1H3. The molecule has 1 unspecified atom stereocenters. The van der Waals surface area contributed by atoms with E-state index in [0.717, 1.165) is 18.5 Å². The highest BCUT2D eigenvalue weighted by Crippen LogP contribution is 2.28. The zero-order valence-corrected chi connectivity index (χ0v) is 10.2. The Kier molecular flexibility index (Phi) is 4.45. The zero-order valence-electron chi connectivity index (χ0n) is 10.2. The van der Waals surface area contributed by atoms with Gasteiger partial charge in [-0.05, 0) is 44.7 Å². The van der Waals surface area contributed by atoms with Crippen molar-refractivity contribution in [3.05, 3.63) is 0 Å². The lowest BCUT2D eigenvalue weighted by atomic mass is 10.1. The van der Waals surface area contributed by atoms with Gasteiger partial charge in [-0.1, -0.05) is 19.8 Å². The lowest BCUT2D eigenvalue weighted by Gasteiger charge is -2.27. The van der Waals surface area contributed by atoms with Gasteiger partial charge in [-0.2, -0.15) is 0 Å². The van der Waals surface area contributed by atoms with Crippen molar-refractivity contribution in [1.29, 1.82) is 0 Å². The summed E-state index contributed by atoms with van der Waals surface area (Å²) in [6.07, 6.45) is 8.78. The first-order chi connectivity index (χ1) is 7.40.